The maximum absolute atomic E-state index is 12.9. The second-order valence-electron chi connectivity index (χ2n) is 7.63. The molecule has 0 radical (unpaired) electrons. The molecule has 152 valence electrons. The average Bonchev–Trinajstić information content (AvgIpc) is 3.26. The van der Waals surface area contributed by atoms with Crippen LogP contribution in [0.1, 0.15) is 48.9 Å². The Bertz CT molecular complexity index is 693. The minimum absolute atomic E-state index is 0.0241. The Balaban J connectivity index is 1.33. The first kappa shape index (κ1) is 20.3. The van der Waals surface area contributed by atoms with E-state index in [0.717, 1.165) is 25.7 Å². The van der Waals surface area contributed by atoms with Crippen LogP contribution in [0.25, 0.3) is 0 Å². The van der Waals surface area contributed by atoms with Crippen LogP contribution in [0.15, 0.2) is 24.3 Å². The molecule has 1 saturated heterocycles. The number of hydrogen-bond acceptors (Lipinski definition) is 3. The second-order valence-corrected chi connectivity index (χ2v) is 7.63. The summed E-state index contributed by atoms with van der Waals surface area (Å²) in [4.78, 5) is 38.6. The first-order valence-electron chi connectivity index (χ1n) is 10.1. The zero-order valence-electron chi connectivity index (χ0n) is 16.1. The number of carbonyl (C=O) groups excluding carboxylic acids is 3. The molecule has 28 heavy (non-hydrogen) atoms. The number of amides is 3. The lowest BCUT2D eigenvalue weighted by Gasteiger charge is -2.33. The van der Waals surface area contributed by atoms with Gasteiger partial charge in [-0.1, -0.05) is 12.8 Å². The highest BCUT2D eigenvalue weighted by molar-refractivity contribution is 5.94. The van der Waals surface area contributed by atoms with Gasteiger partial charge in [-0.2, -0.15) is 0 Å². The lowest BCUT2D eigenvalue weighted by Crippen LogP contribution is -2.45. The number of nitrogens with one attached hydrogen (secondary N) is 2. The highest BCUT2D eigenvalue weighted by atomic mass is 19.1. The summed E-state index contributed by atoms with van der Waals surface area (Å²) in [5, 5.41) is 5.55. The van der Waals surface area contributed by atoms with E-state index in [4.69, 9.17) is 0 Å². The van der Waals surface area contributed by atoms with Gasteiger partial charge in [0, 0.05) is 43.6 Å². The molecule has 2 aliphatic rings. The lowest BCUT2D eigenvalue weighted by atomic mass is 9.94. The molecule has 1 aliphatic heterocycles. The topological polar surface area (TPSA) is 78.5 Å². The summed E-state index contributed by atoms with van der Waals surface area (Å²) >= 11 is 0. The quantitative estimate of drug-likeness (QED) is 0.732. The van der Waals surface area contributed by atoms with E-state index < -0.39 is 0 Å². The van der Waals surface area contributed by atoms with E-state index in [1.165, 1.54) is 24.3 Å². The standard InChI is InChI=1S/C21H28FN3O3/c22-18-7-5-15(6-8-18)19(26)23-11-12-24-20(27)16-9-13-25(14-10-16)21(28)17-3-1-2-4-17/h5-8,16-17H,1-4,9-14H2,(H,23,26)(H,24,27). The molecule has 1 aromatic carbocycles. The summed E-state index contributed by atoms with van der Waals surface area (Å²) in [7, 11) is 0. The van der Waals surface area contributed by atoms with Crippen LogP contribution < -0.4 is 10.6 Å². The molecule has 0 atom stereocenters. The van der Waals surface area contributed by atoms with Crippen molar-refractivity contribution in [3.05, 3.63) is 35.6 Å². The zero-order chi connectivity index (χ0) is 19.9. The van der Waals surface area contributed by atoms with Gasteiger partial charge in [0.15, 0.2) is 0 Å². The van der Waals surface area contributed by atoms with E-state index >= 15 is 0 Å². The molecule has 7 heteroatoms. The van der Waals surface area contributed by atoms with Crippen molar-refractivity contribution in [2.24, 2.45) is 11.8 Å². The Kier molecular flexibility index (Phi) is 7.01. The minimum Gasteiger partial charge on any atom is -0.354 e. The molecule has 1 aromatic rings. The van der Waals surface area contributed by atoms with Gasteiger partial charge in [-0.3, -0.25) is 14.4 Å². The van der Waals surface area contributed by atoms with Gasteiger partial charge in [0.2, 0.25) is 11.8 Å². The molecule has 0 aromatic heterocycles. The molecule has 1 aliphatic carbocycles. The second kappa shape index (κ2) is 9.66. The zero-order valence-corrected chi connectivity index (χ0v) is 16.1. The Morgan fingerprint density at radius 2 is 1.50 bits per heavy atom. The molecular formula is C21H28FN3O3. The SMILES string of the molecule is O=C(NCCNC(=O)C1CCN(C(=O)C2CCCC2)CC1)c1ccc(F)cc1. The Labute approximate surface area is 164 Å². The van der Waals surface area contributed by atoms with E-state index in [0.29, 0.717) is 44.6 Å². The van der Waals surface area contributed by atoms with Crippen LogP contribution in [0.5, 0.6) is 0 Å². The summed E-state index contributed by atoms with van der Waals surface area (Å²) in [6, 6.07) is 5.31. The van der Waals surface area contributed by atoms with Crippen LogP contribution in [0.2, 0.25) is 0 Å². The van der Waals surface area contributed by atoms with Crippen molar-refractivity contribution in [2.75, 3.05) is 26.2 Å². The molecule has 0 bridgehead atoms. The van der Waals surface area contributed by atoms with Crippen molar-refractivity contribution in [3.8, 4) is 0 Å². The number of benzene rings is 1. The summed E-state index contributed by atoms with van der Waals surface area (Å²) in [5.41, 5.74) is 0.382. The number of rotatable bonds is 6. The van der Waals surface area contributed by atoms with Gasteiger partial charge in [0.25, 0.3) is 5.91 Å². The highest BCUT2D eigenvalue weighted by Crippen LogP contribution is 2.28. The van der Waals surface area contributed by atoms with Crippen LogP contribution in [0, 0.1) is 17.7 Å². The molecule has 6 nitrogen and oxygen atoms in total. The average molecular weight is 389 g/mol. The molecule has 0 spiro atoms. The molecule has 3 rings (SSSR count). The number of carbonyl (C=O) groups is 3. The minimum atomic E-state index is -0.389. The van der Waals surface area contributed by atoms with E-state index in [1.807, 2.05) is 4.90 Å². The molecule has 0 unspecified atom stereocenters. The first-order chi connectivity index (χ1) is 13.5. The number of piperidine rings is 1. The van der Waals surface area contributed by atoms with Crippen molar-refractivity contribution in [1.82, 2.24) is 15.5 Å². The summed E-state index contributed by atoms with van der Waals surface area (Å²) in [6.45, 7) is 1.94. The van der Waals surface area contributed by atoms with Gasteiger partial charge in [-0.25, -0.2) is 4.39 Å². The van der Waals surface area contributed by atoms with Crippen LogP contribution in [-0.2, 0) is 9.59 Å². The summed E-state index contributed by atoms with van der Waals surface area (Å²) < 4.78 is 12.9. The predicted molar refractivity (Wildman–Crippen MR) is 103 cm³/mol. The monoisotopic (exact) mass is 389 g/mol. The number of likely N-dealkylation sites (tertiary alicyclic amines) is 1. The Morgan fingerprint density at radius 3 is 2.14 bits per heavy atom. The van der Waals surface area contributed by atoms with Crippen molar-refractivity contribution < 1.29 is 18.8 Å². The fourth-order valence-corrected chi connectivity index (χ4v) is 4.00. The third-order valence-electron chi connectivity index (χ3n) is 5.70. The van der Waals surface area contributed by atoms with Crippen molar-refractivity contribution in [1.29, 1.82) is 0 Å². The van der Waals surface area contributed by atoms with Crippen LogP contribution in [0.4, 0.5) is 4.39 Å². The van der Waals surface area contributed by atoms with Crippen LogP contribution >= 0.6 is 0 Å². The first-order valence-corrected chi connectivity index (χ1v) is 10.1. The maximum atomic E-state index is 12.9. The molecular weight excluding hydrogens is 361 g/mol. The van der Waals surface area contributed by atoms with Gasteiger partial charge in [0.1, 0.15) is 5.82 Å². The van der Waals surface area contributed by atoms with Crippen LogP contribution in [0.3, 0.4) is 0 Å². The maximum Gasteiger partial charge on any atom is 0.251 e. The van der Waals surface area contributed by atoms with Gasteiger partial charge in [-0.05, 0) is 49.9 Å². The predicted octanol–water partition coefficient (Wildman–Crippen LogP) is 2.10. The van der Waals surface area contributed by atoms with Gasteiger partial charge >= 0.3 is 0 Å². The fraction of sp³-hybridized carbons (Fsp3) is 0.571. The lowest BCUT2D eigenvalue weighted by molar-refractivity contribution is -0.139. The molecule has 2 N–H and O–H groups in total. The van der Waals surface area contributed by atoms with Gasteiger partial charge < -0.3 is 15.5 Å². The molecule has 1 heterocycles. The molecule has 3 amide bonds. The van der Waals surface area contributed by atoms with Crippen LogP contribution in [-0.4, -0.2) is 48.8 Å². The van der Waals surface area contributed by atoms with Gasteiger partial charge in [0.05, 0.1) is 0 Å². The van der Waals surface area contributed by atoms with E-state index in [-0.39, 0.29) is 35.4 Å². The number of nitrogens with zero attached hydrogens (tertiary/aromatic N) is 1. The van der Waals surface area contributed by atoms with Crippen molar-refractivity contribution >= 4 is 17.7 Å². The van der Waals surface area contributed by atoms with Crippen molar-refractivity contribution in [2.45, 2.75) is 38.5 Å². The largest absolute Gasteiger partial charge is 0.354 e. The normalized spacial score (nSPS) is 18.1. The smallest absolute Gasteiger partial charge is 0.251 e. The summed E-state index contributed by atoms with van der Waals surface area (Å²) in [5.74, 6) is -0.341. The fourth-order valence-electron chi connectivity index (χ4n) is 4.00. The third-order valence-corrected chi connectivity index (χ3v) is 5.70. The highest BCUT2D eigenvalue weighted by Gasteiger charge is 2.31. The third kappa shape index (κ3) is 5.30. The molecule has 1 saturated carbocycles. The van der Waals surface area contributed by atoms with E-state index in [2.05, 4.69) is 10.6 Å². The number of halogens is 1. The molecule has 2 fully saturated rings. The van der Waals surface area contributed by atoms with Crippen molar-refractivity contribution in [3.63, 3.8) is 0 Å². The van der Waals surface area contributed by atoms with Gasteiger partial charge in [-0.15, -0.1) is 0 Å². The number of hydrogen-bond donors (Lipinski definition) is 2. The van der Waals surface area contributed by atoms with E-state index in [1.54, 1.807) is 0 Å². The van der Waals surface area contributed by atoms with E-state index in [9.17, 15) is 18.8 Å². The Hall–Kier alpha value is -2.44. The summed E-state index contributed by atoms with van der Waals surface area (Å²) in [6.07, 6.45) is 5.67. The Morgan fingerprint density at radius 1 is 0.893 bits per heavy atom.